The molecule has 34 heavy (non-hydrogen) atoms. The molecule has 0 aliphatic carbocycles. The highest BCUT2D eigenvalue weighted by Gasteiger charge is 2.16. The lowest BCUT2D eigenvalue weighted by Gasteiger charge is -2.09. The van der Waals surface area contributed by atoms with Crippen LogP contribution in [0.25, 0.3) is 0 Å². The van der Waals surface area contributed by atoms with E-state index in [1.165, 1.54) is 122 Å². The van der Waals surface area contributed by atoms with Gasteiger partial charge in [0.15, 0.2) is 0 Å². The second-order valence-electron chi connectivity index (χ2n) is 10.5. The Bertz CT molecular complexity index is 454. The van der Waals surface area contributed by atoms with E-state index < -0.39 is 0 Å². The van der Waals surface area contributed by atoms with Crippen LogP contribution in [0.4, 0.5) is 0 Å². The summed E-state index contributed by atoms with van der Waals surface area (Å²) in [6.45, 7) is 4.53. The van der Waals surface area contributed by atoms with Crippen molar-refractivity contribution in [1.29, 1.82) is 0 Å². The van der Waals surface area contributed by atoms with Crippen LogP contribution in [0.3, 0.4) is 0 Å². The maximum atomic E-state index is 12.4. The fraction of sp³-hybridized carbons (Fsp3) is 0.875. The third kappa shape index (κ3) is 24.2. The van der Waals surface area contributed by atoms with Gasteiger partial charge in [0.25, 0.3) is 0 Å². The van der Waals surface area contributed by atoms with Crippen molar-refractivity contribution < 1.29 is 9.59 Å². The standard InChI is InChI=1S/C32H60O2/c1-3-5-7-9-11-13-15-17-19-21-23-25-27-29-32(34)31(30-33)28-26-24-22-20-18-16-14-12-10-8-6-4-2/h14,16,30-31H,3-13,15,17-29H2,1-2H3/b16-14-. The van der Waals surface area contributed by atoms with Crippen molar-refractivity contribution >= 4 is 12.1 Å². The van der Waals surface area contributed by atoms with E-state index >= 15 is 0 Å². The van der Waals surface area contributed by atoms with E-state index in [1.807, 2.05) is 0 Å². The highest BCUT2D eigenvalue weighted by Crippen LogP contribution is 2.16. The Labute approximate surface area is 214 Å². The first-order chi connectivity index (χ1) is 16.8. The average Bonchev–Trinajstić information content (AvgIpc) is 2.85. The smallest absolute Gasteiger partial charge is 0.143 e. The van der Waals surface area contributed by atoms with Crippen LogP contribution in [0, 0.1) is 5.92 Å². The van der Waals surface area contributed by atoms with Gasteiger partial charge in [-0.2, -0.15) is 0 Å². The first kappa shape index (κ1) is 33.1. The number of ketones is 1. The molecule has 2 nitrogen and oxygen atoms in total. The van der Waals surface area contributed by atoms with E-state index in [1.54, 1.807) is 0 Å². The van der Waals surface area contributed by atoms with Gasteiger partial charge in [0.1, 0.15) is 12.1 Å². The molecule has 0 aromatic carbocycles. The summed E-state index contributed by atoms with van der Waals surface area (Å²) in [4.78, 5) is 23.8. The summed E-state index contributed by atoms with van der Waals surface area (Å²) in [5, 5.41) is 0. The zero-order valence-electron chi connectivity index (χ0n) is 23.3. The number of rotatable bonds is 28. The molecule has 0 fully saturated rings. The summed E-state index contributed by atoms with van der Waals surface area (Å²) < 4.78 is 0. The molecule has 0 aliphatic heterocycles. The highest BCUT2D eigenvalue weighted by atomic mass is 16.1. The number of allylic oxidation sites excluding steroid dienone is 2. The van der Waals surface area contributed by atoms with Gasteiger partial charge in [-0.05, 0) is 38.5 Å². The van der Waals surface area contributed by atoms with Gasteiger partial charge in [-0.1, -0.05) is 142 Å². The summed E-state index contributed by atoms with van der Waals surface area (Å²) in [6.07, 6.45) is 36.4. The molecule has 0 aromatic rings. The molecular weight excluding hydrogens is 416 g/mol. The Hall–Kier alpha value is -0.920. The first-order valence-corrected chi connectivity index (χ1v) is 15.4. The van der Waals surface area contributed by atoms with Gasteiger partial charge in [-0.25, -0.2) is 0 Å². The van der Waals surface area contributed by atoms with Crippen LogP contribution in [-0.4, -0.2) is 12.1 Å². The van der Waals surface area contributed by atoms with E-state index in [-0.39, 0.29) is 11.7 Å². The third-order valence-corrected chi connectivity index (χ3v) is 7.13. The summed E-state index contributed by atoms with van der Waals surface area (Å²) in [5.74, 6) is -0.163. The Kier molecular flexibility index (Phi) is 27.6. The van der Waals surface area contributed by atoms with Crippen LogP contribution in [-0.2, 0) is 9.59 Å². The van der Waals surface area contributed by atoms with Crippen LogP contribution < -0.4 is 0 Å². The number of hydrogen-bond donors (Lipinski definition) is 0. The fourth-order valence-corrected chi connectivity index (χ4v) is 4.71. The number of Topliss-reactive ketones (excluding diaryl/α,β-unsaturated/α-hetero) is 1. The molecule has 1 atom stereocenters. The molecule has 0 saturated carbocycles. The van der Waals surface area contributed by atoms with Gasteiger partial charge in [-0.15, -0.1) is 0 Å². The van der Waals surface area contributed by atoms with Crippen molar-refractivity contribution in [3.05, 3.63) is 12.2 Å². The molecule has 0 radical (unpaired) electrons. The quantitative estimate of drug-likeness (QED) is 0.0487. The minimum Gasteiger partial charge on any atom is -0.303 e. The van der Waals surface area contributed by atoms with Gasteiger partial charge in [-0.3, -0.25) is 4.79 Å². The van der Waals surface area contributed by atoms with E-state index in [4.69, 9.17) is 0 Å². The van der Waals surface area contributed by atoms with E-state index in [2.05, 4.69) is 26.0 Å². The van der Waals surface area contributed by atoms with Gasteiger partial charge >= 0.3 is 0 Å². The summed E-state index contributed by atoms with van der Waals surface area (Å²) >= 11 is 0. The molecule has 0 N–H and O–H groups in total. The number of carbonyl (C=O) groups excluding carboxylic acids is 2. The predicted molar refractivity (Wildman–Crippen MR) is 150 cm³/mol. The predicted octanol–water partition coefficient (Wildman–Crippen LogP) is 10.7. The minimum absolute atomic E-state index is 0.184. The monoisotopic (exact) mass is 476 g/mol. The topological polar surface area (TPSA) is 34.1 Å². The van der Waals surface area contributed by atoms with Crippen LogP contribution in [0.15, 0.2) is 12.2 Å². The first-order valence-electron chi connectivity index (χ1n) is 15.4. The second kappa shape index (κ2) is 28.3. The number of aldehydes is 1. The zero-order chi connectivity index (χ0) is 25.0. The van der Waals surface area contributed by atoms with E-state index in [0.29, 0.717) is 6.42 Å². The number of hydrogen-bond acceptors (Lipinski definition) is 2. The van der Waals surface area contributed by atoms with Crippen LogP contribution in [0.1, 0.15) is 174 Å². The van der Waals surface area contributed by atoms with Crippen molar-refractivity contribution in [2.24, 2.45) is 5.92 Å². The summed E-state index contributed by atoms with van der Waals surface area (Å²) in [7, 11) is 0. The Morgan fingerprint density at radius 2 is 0.912 bits per heavy atom. The molecule has 0 aliphatic rings. The van der Waals surface area contributed by atoms with Crippen LogP contribution in [0.2, 0.25) is 0 Å². The zero-order valence-corrected chi connectivity index (χ0v) is 23.3. The van der Waals surface area contributed by atoms with Crippen molar-refractivity contribution in [3.8, 4) is 0 Å². The third-order valence-electron chi connectivity index (χ3n) is 7.13. The molecule has 2 heteroatoms. The van der Waals surface area contributed by atoms with Crippen LogP contribution in [0.5, 0.6) is 0 Å². The largest absolute Gasteiger partial charge is 0.303 e. The number of carbonyl (C=O) groups is 2. The molecule has 0 aromatic heterocycles. The van der Waals surface area contributed by atoms with Gasteiger partial charge < -0.3 is 4.79 Å². The van der Waals surface area contributed by atoms with Crippen molar-refractivity contribution in [2.75, 3.05) is 0 Å². The number of unbranched alkanes of at least 4 members (excludes halogenated alkanes) is 20. The molecule has 0 amide bonds. The lowest BCUT2D eigenvalue weighted by Crippen LogP contribution is -2.15. The minimum atomic E-state index is -0.347. The maximum absolute atomic E-state index is 12.4. The SMILES string of the molecule is CCCCCC/C=C\CCCCCCC(C=O)C(=O)CCCCCCCCCCCCCCC. The van der Waals surface area contributed by atoms with E-state index in [0.717, 1.165) is 38.4 Å². The fourth-order valence-electron chi connectivity index (χ4n) is 4.71. The molecule has 200 valence electrons. The van der Waals surface area contributed by atoms with E-state index in [9.17, 15) is 9.59 Å². The van der Waals surface area contributed by atoms with Crippen LogP contribution >= 0.6 is 0 Å². The summed E-state index contributed by atoms with van der Waals surface area (Å²) in [5.41, 5.74) is 0. The maximum Gasteiger partial charge on any atom is 0.143 e. The molecule has 0 rings (SSSR count). The molecule has 0 saturated heterocycles. The molecule has 0 heterocycles. The van der Waals surface area contributed by atoms with Crippen molar-refractivity contribution in [1.82, 2.24) is 0 Å². The molecule has 0 spiro atoms. The highest BCUT2D eigenvalue weighted by molar-refractivity contribution is 5.93. The Balaban J connectivity index is 3.49. The van der Waals surface area contributed by atoms with Crippen molar-refractivity contribution in [3.63, 3.8) is 0 Å². The van der Waals surface area contributed by atoms with Gasteiger partial charge in [0.2, 0.25) is 0 Å². The van der Waals surface area contributed by atoms with Gasteiger partial charge in [0.05, 0.1) is 5.92 Å². The lowest BCUT2D eigenvalue weighted by atomic mass is 9.94. The normalized spacial score (nSPS) is 12.4. The second-order valence-corrected chi connectivity index (χ2v) is 10.5. The lowest BCUT2D eigenvalue weighted by molar-refractivity contribution is -0.127. The summed E-state index contributed by atoms with van der Waals surface area (Å²) in [6, 6.07) is 0. The van der Waals surface area contributed by atoms with Gasteiger partial charge in [0, 0.05) is 6.42 Å². The Morgan fingerprint density at radius 3 is 1.38 bits per heavy atom. The Morgan fingerprint density at radius 1 is 0.529 bits per heavy atom. The average molecular weight is 477 g/mol. The molecule has 1 unspecified atom stereocenters. The molecular formula is C32H60O2. The molecule has 0 bridgehead atoms. The van der Waals surface area contributed by atoms with Crippen molar-refractivity contribution in [2.45, 2.75) is 174 Å².